The lowest BCUT2D eigenvalue weighted by molar-refractivity contribution is 0.196. The van der Waals surface area contributed by atoms with Gasteiger partial charge >= 0.3 is 0 Å². The summed E-state index contributed by atoms with van der Waals surface area (Å²) >= 11 is 0. The van der Waals surface area contributed by atoms with Gasteiger partial charge in [-0.15, -0.1) is 0 Å². The zero-order chi connectivity index (χ0) is 21.1. The maximum absolute atomic E-state index is 8.91. The molecule has 8 heteroatoms. The molecule has 0 spiro atoms. The van der Waals surface area contributed by atoms with Crippen molar-refractivity contribution in [3.05, 3.63) is 42.0 Å². The van der Waals surface area contributed by atoms with E-state index >= 15 is 0 Å². The molecule has 3 N–H and O–H groups in total. The molecule has 8 nitrogen and oxygen atoms in total. The molecule has 158 valence electrons. The fourth-order valence-corrected chi connectivity index (χ4v) is 2.61. The second-order valence-corrected chi connectivity index (χ2v) is 5.95. The highest BCUT2D eigenvalue weighted by Crippen LogP contribution is 2.30. The Morgan fingerprint density at radius 1 is 0.931 bits per heavy atom. The number of anilines is 1. The van der Waals surface area contributed by atoms with Crippen LogP contribution >= 0.6 is 0 Å². The Bertz CT molecular complexity index is 811. The SMILES string of the molecule is CCNC(=NCc1ccc(OCCO)c(OC)c1)Nc1ccc(OC)c(OC)c1. The van der Waals surface area contributed by atoms with E-state index in [1.54, 1.807) is 21.3 Å². The predicted molar refractivity (Wildman–Crippen MR) is 114 cm³/mol. The summed E-state index contributed by atoms with van der Waals surface area (Å²) in [5.74, 6) is 3.13. The Balaban J connectivity index is 2.14. The summed E-state index contributed by atoms with van der Waals surface area (Å²) in [7, 11) is 4.78. The molecule has 2 aromatic rings. The first kappa shape index (κ1) is 22.2. The van der Waals surface area contributed by atoms with Gasteiger partial charge in [-0.3, -0.25) is 0 Å². The number of aliphatic hydroxyl groups is 1. The summed E-state index contributed by atoms with van der Waals surface area (Å²) in [4.78, 5) is 4.63. The number of ether oxygens (including phenoxy) is 4. The summed E-state index contributed by atoms with van der Waals surface area (Å²) in [6.07, 6.45) is 0. The molecular weight excluding hydrogens is 374 g/mol. The molecule has 0 amide bonds. The van der Waals surface area contributed by atoms with Gasteiger partial charge in [-0.25, -0.2) is 4.99 Å². The summed E-state index contributed by atoms with van der Waals surface area (Å²) in [5.41, 5.74) is 1.79. The topological polar surface area (TPSA) is 93.6 Å². The van der Waals surface area contributed by atoms with Crippen molar-refractivity contribution in [1.29, 1.82) is 0 Å². The van der Waals surface area contributed by atoms with E-state index in [2.05, 4.69) is 15.6 Å². The van der Waals surface area contributed by atoms with Crippen LogP contribution in [0, 0.1) is 0 Å². The van der Waals surface area contributed by atoms with Gasteiger partial charge < -0.3 is 34.7 Å². The molecule has 0 aromatic heterocycles. The first-order valence-electron chi connectivity index (χ1n) is 9.33. The van der Waals surface area contributed by atoms with Crippen LogP contribution in [0.4, 0.5) is 5.69 Å². The van der Waals surface area contributed by atoms with Crippen LogP contribution in [0.5, 0.6) is 23.0 Å². The maximum Gasteiger partial charge on any atom is 0.196 e. The van der Waals surface area contributed by atoms with Gasteiger partial charge in [-0.05, 0) is 36.8 Å². The first-order valence-corrected chi connectivity index (χ1v) is 9.33. The molecule has 0 aliphatic carbocycles. The molecule has 0 bridgehead atoms. The van der Waals surface area contributed by atoms with Gasteiger partial charge in [0, 0.05) is 18.3 Å². The molecule has 0 saturated carbocycles. The van der Waals surface area contributed by atoms with E-state index in [9.17, 15) is 0 Å². The number of benzene rings is 2. The Morgan fingerprint density at radius 3 is 2.28 bits per heavy atom. The average Bonchev–Trinajstić information content (AvgIpc) is 2.76. The second-order valence-electron chi connectivity index (χ2n) is 5.95. The number of hydrogen-bond acceptors (Lipinski definition) is 6. The van der Waals surface area contributed by atoms with Gasteiger partial charge in [0.15, 0.2) is 29.0 Å². The number of hydrogen-bond donors (Lipinski definition) is 3. The highest BCUT2D eigenvalue weighted by atomic mass is 16.5. The molecule has 2 aromatic carbocycles. The molecule has 0 saturated heterocycles. The number of aliphatic imine (C=N–C) groups is 1. The molecule has 0 fully saturated rings. The molecule has 0 aliphatic heterocycles. The van der Waals surface area contributed by atoms with E-state index in [-0.39, 0.29) is 13.2 Å². The lowest BCUT2D eigenvalue weighted by Crippen LogP contribution is -2.30. The number of guanidine groups is 1. The van der Waals surface area contributed by atoms with Gasteiger partial charge in [0.2, 0.25) is 0 Å². The molecule has 0 unspecified atom stereocenters. The number of aliphatic hydroxyl groups excluding tert-OH is 1. The zero-order valence-electron chi connectivity index (χ0n) is 17.3. The van der Waals surface area contributed by atoms with Gasteiger partial charge in [0.05, 0.1) is 34.5 Å². The number of methoxy groups -OCH3 is 3. The minimum atomic E-state index is -0.0525. The summed E-state index contributed by atoms with van der Waals surface area (Å²) in [6.45, 7) is 3.33. The van der Waals surface area contributed by atoms with Crippen LogP contribution in [0.1, 0.15) is 12.5 Å². The van der Waals surface area contributed by atoms with Crippen LogP contribution in [0.3, 0.4) is 0 Å². The number of nitrogens with one attached hydrogen (secondary N) is 2. The number of rotatable bonds is 10. The standard InChI is InChI=1S/C21H29N3O5/c1-5-22-21(24-16-7-9-17(26-2)20(13-16)28-4)23-14-15-6-8-18(29-11-10-25)19(12-15)27-3/h6-9,12-13,25H,5,10-11,14H2,1-4H3,(H2,22,23,24). The fourth-order valence-electron chi connectivity index (χ4n) is 2.61. The van der Waals surface area contributed by atoms with E-state index in [1.165, 1.54) is 0 Å². The Kier molecular flexibility index (Phi) is 8.91. The highest BCUT2D eigenvalue weighted by Gasteiger charge is 2.08. The summed E-state index contributed by atoms with van der Waals surface area (Å²) in [5, 5.41) is 15.4. The van der Waals surface area contributed by atoms with Crippen molar-refractivity contribution >= 4 is 11.6 Å². The van der Waals surface area contributed by atoms with Gasteiger partial charge in [-0.1, -0.05) is 6.07 Å². The second kappa shape index (κ2) is 11.7. The van der Waals surface area contributed by atoms with Crippen LogP contribution < -0.4 is 29.6 Å². The Labute approximate surface area is 171 Å². The number of nitrogens with zero attached hydrogens (tertiary/aromatic N) is 1. The molecule has 0 radical (unpaired) electrons. The fraction of sp³-hybridized carbons (Fsp3) is 0.381. The maximum atomic E-state index is 8.91. The quantitative estimate of drug-likeness (QED) is 0.415. The third-order valence-electron chi connectivity index (χ3n) is 3.99. The van der Waals surface area contributed by atoms with Crippen LogP contribution in [0.25, 0.3) is 0 Å². The smallest absolute Gasteiger partial charge is 0.196 e. The summed E-state index contributed by atoms with van der Waals surface area (Å²) < 4.78 is 21.4. The van der Waals surface area contributed by atoms with Crippen molar-refractivity contribution in [3.63, 3.8) is 0 Å². The molecule has 29 heavy (non-hydrogen) atoms. The van der Waals surface area contributed by atoms with Crippen molar-refractivity contribution < 1.29 is 24.1 Å². The Hall–Kier alpha value is -3.13. The van der Waals surface area contributed by atoms with Gasteiger partial charge in [0.1, 0.15) is 6.61 Å². The van der Waals surface area contributed by atoms with Crippen molar-refractivity contribution in [2.24, 2.45) is 4.99 Å². The van der Waals surface area contributed by atoms with E-state index in [1.807, 2.05) is 43.3 Å². The first-order chi connectivity index (χ1) is 14.1. The predicted octanol–water partition coefficient (Wildman–Crippen LogP) is 2.66. The lowest BCUT2D eigenvalue weighted by atomic mass is 10.2. The minimum Gasteiger partial charge on any atom is -0.493 e. The third kappa shape index (κ3) is 6.46. The van der Waals surface area contributed by atoms with Crippen molar-refractivity contribution in [1.82, 2.24) is 5.32 Å². The average molecular weight is 403 g/mol. The normalized spacial score (nSPS) is 11.0. The van der Waals surface area contributed by atoms with Crippen molar-refractivity contribution in [2.75, 3.05) is 46.4 Å². The molecule has 0 heterocycles. The highest BCUT2D eigenvalue weighted by molar-refractivity contribution is 5.93. The molecule has 0 aliphatic rings. The summed E-state index contributed by atoms with van der Waals surface area (Å²) in [6, 6.07) is 11.2. The molecule has 0 atom stereocenters. The molecule has 2 rings (SSSR count). The van der Waals surface area contributed by atoms with Crippen molar-refractivity contribution in [2.45, 2.75) is 13.5 Å². The van der Waals surface area contributed by atoms with Crippen LogP contribution in [0.2, 0.25) is 0 Å². The van der Waals surface area contributed by atoms with Gasteiger partial charge in [0.25, 0.3) is 0 Å². The molecular formula is C21H29N3O5. The zero-order valence-corrected chi connectivity index (χ0v) is 17.3. The lowest BCUT2D eigenvalue weighted by Gasteiger charge is -2.14. The Morgan fingerprint density at radius 2 is 1.62 bits per heavy atom. The monoisotopic (exact) mass is 403 g/mol. The van der Waals surface area contributed by atoms with Gasteiger partial charge in [-0.2, -0.15) is 0 Å². The van der Waals surface area contributed by atoms with E-state index in [0.717, 1.165) is 17.8 Å². The third-order valence-corrected chi connectivity index (χ3v) is 3.99. The van der Waals surface area contributed by atoms with Crippen molar-refractivity contribution in [3.8, 4) is 23.0 Å². The van der Waals surface area contributed by atoms with Crippen LogP contribution in [-0.2, 0) is 6.54 Å². The van der Waals surface area contributed by atoms with E-state index in [0.29, 0.717) is 35.5 Å². The largest absolute Gasteiger partial charge is 0.493 e. The van der Waals surface area contributed by atoms with E-state index in [4.69, 9.17) is 24.1 Å². The van der Waals surface area contributed by atoms with Crippen LogP contribution in [0.15, 0.2) is 41.4 Å². The minimum absolute atomic E-state index is 0.0525. The van der Waals surface area contributed by atoms with Crippen LogP contribution in [-0.4, -0.2) is 52.2 Å². The van der Waals surface area contributed by atoms with E-state index < -0.39 is 0 Å².